The fourth-order valence-corrected chi connectivity index (χ4v) is 4.11. The summed E-state index contributed by atoms with van der Waals surface area (Å²) in [6.07, 6.45) is 5.34. The Bertz CT molecular complexity index is 855. The van der Waals surface area contributed by atoms with Gasteiger partial charge in [-0.1, -0.05) is 20.8 Å². The van der Waals surface area contributed by atoms with Crippen LogP contribution in [0.15, 0.2) is 17.1 Å². The minimum Gasteiger partial charge on any atom is -0.492 e. The van der Waals surface area contributed by atoms with E-state index >= 15 is 0 Å². The smallest absolute Gasteiger partial charge is 0.232 e. The van der Waals surface area contributed by atoms with Gasteiger partial charge in [-0.15, -0.1) is 0 Å². The van der Waals surface area contributed by atoms with E-state index < -0.39 is 10.0 Å². The van der Waals surface area contributed by atoms with E-state index in [-0.39, 0.29) is 30.6 Å². The van der Waals surface area contributed by atoms with Gasteiger partial charge in [0.1, 0.15) is 5.69 Å². The normalized spacial score (nSPS) is 17.8. The number of aliphatic imine (C=N–C) groups is 1. The highest BCUT2D eigenvalue weighted by Gasteiger charge is 2.27. The third-order valence-corrected chi connectivity index (χ3v) is 5.98. The van der Waals surface area contributed by atoms with Crippen LogP contribution < -0.4 is 9.04 Å². The van der Waals surface area contributed by atoms with Crippen LogP contribution >= 0.6 is 0 Å². The van der Waals surface area contributed by atoms with Crippen molar-refractivity contribution in [1.29, 1.82) is 0 Å². The second-order valence-corrected chi connectivity index (χ2v) is 10.1. The maximum absolute atomic E-state index is 12.7. The first-order valence-corrected chi connectivity index (χ1v) is 11.8. The second-order valence-electron chi connectivity index (χ2n) is 8.21. The first kappa shape index (κ1) is 24.3. The van der Waals surface area contributed by atoms with Gasteiger partial charge in [-0.05, 0) is 42.4 Å². The Kier molecular flexibility index (Phi) is 8.40. The maximum atomic E-state index is 12.7. The molecule has 0 saturated carbocycles. The van der Waals surface area contributed by atoms with E-state index in [1.165, 1.54) is 11.4 Å². The van der Waals surface area contributed by atoms with Crippen LogP contribution in [0, 0.1) is 0 Å². The molecule has 0 spiro atoms. The number of anilines is 1. The highest BCUT2D eigenvalue weighted by molar-refractivity contribution is 7.92. The Labute approximate surface area is 179 Å². The number of rotatable bonds is 9. The summed E-state index contributed by atoms with van der Waals surface area (Å²) in [6.45, 7) is 6.97. The van der Waals surface area contributed by atoms with Crippen LogP contribution in [0.4, 0.5) is 11.4 Å². The Morgan fingerprint density at radius 3 is 2.57 bits per heavy atom. The first-order valence-electron chi connectivity index (χ1n) is 9.99. The number of carbonyl (C=O) groups excluding carboxylic acids is 1. The van der Waals surface area contributed by atoms with Gasteiger partial charge < -0.3 is 14.2 Å². The molecule has 1 aliphatic rings. The van der Waals surface area contributed by atoms with E-state index in [0.29, 0.717) is 24.3 Å². The lowest BCUT2D eigenvalue weighted by Crippen LogP contribution is -2.35. The molecule has 0 aromatic heterocycles. The molecule has 2 rings (SSSR count). The zero-order valence-electron chi connectivity index (χ0n) is 18.4. The van der Waals surface area contributed by atoms with E-state index in [1.54, 1.807) is 12.1 Å². The number of benzene rings is 1. The minimum absolute atomic E-state index is 0.0967. The molecule has 0 bridgehead atoms. The molecule has 9 heteroatoms. The summed E-state index contributed by atoms with van der Waals surface area (Å²) in [5, 5.41) is 0. The number of aldehydes is 1. The van der Waals surface area contributed by atoms with Gasteiger partial charge in [0, 0.05) is 6.61 Å². The number of ether oxygens (including phenoxy) is 3. The molecule has 8 nitrogen and oxygen atoms in total. The number of methoxy groups -OCH3 is 1. The van der Waals surface area contributed by atoms with Gasteiger partial charge in [0.05, 0.1) is 38.4 Å². The maximum Gasteiger partial charge on any atom is 0.232 e. The molecule has 1 atom stereocenters. The van der Waals surface area contributed by atoms with Crippen molar-refractivity contribution in [2.24, 2.45) is 4.99 Å². The number of sulfonamides is 1. The molecule has 168 valence electrons. The SMILES string of the molecule is COc1c(N=CC=O)cc(C(C)(C)C)cc1N(CCOC1CCCCO1)S(C)(=O)=O. The standard InChI is InChI=1S/C21H32N2O6S/c1-21(2,3)16-14-17(22-9-11-24)20(27-4)18(15-16)23(30(5,25)26)10-13-29-19-8-6-7-12-28-19/h9,11,14-15,19H,6-8,10,12-13H2,1-5H3. The van der Waals surface area contributed by atoms with Crippen molar-refractivity contribution in [2.75, 3.05) is 37.4 Å². The highest BCUT2D eigenvalue weighted by atomic mass is 32.2. The molecule has 0 aliphatic carbocycles. The van der Waals surface area contributed by atoms with Gasteiger partial charge in [-0.25, -0.2) is 13.4 Å². The molecule has 0 radical (unpaired) electrons. The average molecular weight is 441 g/mol. The fraction of sp³-hybridized carbons (Fsp3) is 0.619. The van der Waals surface area contributed by atoms with Crippen molar-refractivity contribution in [3.8, 4) is 5.75 Å². The predicted octanol–water partition coefficient (Wildman–Crippen LogP) is 3.20. The molecular formula is C21H32N2O6S. The van der Waals surface area contributed by atoms with E-state index in [2.05, 4.69) is 4.99 Å². The van der Waals surface area contributed by atoms with Crippen molar-refractivity contribution in [2.45, 2.75) is 51.7 Å². The molecule has 0 amide bonds. The van der Waals surface area contributed by atoms with Crippen LogP contribution in [-0.4, -0.2) is 60.3 Å². The second kappa shape index (κ2) is 10.4. The molecule has 1 saturated heterocycles. The summed E-state index contributed by atoms with van der Waals surface area (Å²) < 4.78 is 43.4. The summed E-state index contributed by atoms with van der Waals surface area (Å²) in [5.74, 6) is 0.278. The molecule has 1 aliphatic heterocycles. The Balaban J connectivity index is 2.44. The molecule has 0 N–H and O–H groups in total. The number of nitrogens with zero attached hydrogens (tertiary/aromatic N) is 2. The first-order chi connectivity index (χ1) is 14.1. The van der Waals surface area contributed by atoms with E-state index in [4.69, 9.17) is 14.2 Å². The Morgan fingerprint density at radius 2 is 2.03 bits per heavy atom. The van der Waals surface area contributed by atoms with Gasteiger partial charge in [-0.2, -0.15) is 0 Å². The molecule has 1 heterocycles. The van der Waals surface area contributed by atoms with Crippen molar-refractivity contribution in [3.63, 3.8) is 0 Å². The Hall–Kier alpha value is -1.97. The van der Waals surface area contributed by atoms with E-state index in [0.717, 1.165) is 37.3 Å². The summed E-state index contributed by atoms with van der Waals surface area (Å²) in [5.41, 5.74) is 1.33. The zero-order chi connectivity index (χ0) is 22.4. The van der Waals surface area contributed by atoms with Gasteiger partial charge in [0.15, 0.2) is 18.3 Å². The summed E-state index contributed by atoms with van der Waals surface area (Å²) in [6, 6.07) is 3.59. The monoisotopic (exact) mass is 440 g/mol. The van der Waals surface area contributed by atoms with Crippen LogP contribution in [0.3, 0.4) is 0 Å². The number of hydrogen-bond donors (Lipinski definition) is 0. The quantitative estimate of drug-likeness (QED) is 0.432. The zero-order valence-corrected chi connectivity index (χ0v) is 19.2. The Morgan fingerprint density at radius 1 is 1.30 bits per heavy atom. The van der Waals surface area contributed by atoms with Crippen LogP contribution in [0.1, 0.15) is 45.6 Å². The van der Waals surface area contributed by atoms with E-state index in [9.17, 15) is 13.2 Å². The van der Waals surface area contributed by atoms with Crippen molar-refractivity contribution >= 4 is 33.9 Å². The van der Waals surface area contributed by atoms with Crippen molar-refractivity contribution in [1.82, 2.24) is 0 Å². The summed E-state index contributed by atoms with van der Waals surface area (Å²) in [4.78, 5) is 15.0. The lowest BCUT2D eigenvalue weighted by Gasteiger charge is -2.29. The fourth-order valence-electron chi connectivity index (χ4n) is 3.21. The third kappa shape index (κ3) is 6.52. The molecule has 1 unspecified atom stereocenters. The highest BCUT2D eigenvalue weighted by Crippen LogP contribution is 2.42. The van der Waals surface area contributed by atoms with Crippen LogP contribution in [0.25, 0.3) is 0 Å². The molecule has 1 aromatic carbocycles. The molecule has 1 fully saturated rings. The predicted molar refractivity (Wildman–Crippen MR) is 118 cm³/mol. The average Bonchev–Trinajstić information content (AvgIpc) is 2.68. The minimum atomic E-state index is -3.64. The topological polar surface area (TPSA) is 94.5 Å². The lowest BCUT2D eigenvalue weighted by molar-refractivity contribution is -0.160. The summed E-state index contributed by atoms with van der Waals surface area (Å²) in [7, 11) is -2.20. The number of carbonyl (C=O) groups is 1. The van der Waals surface area contributed by atoms with Crippen molar-refractivity contribution in [3.05, 3.63) is 17.7 Å². The van der Waals surface area contributed by atoms with Crippen molar-refractivity contribution < 1.29 is 27.4 Å². The van der Waals surface area contributed by atoms with Crippen LogP contribution in [-0.2, 0) is 29.7 Å². The summed E-state index contributed by atoms with van der Waals surface area (Å²) >= 11 is 0. The molecule has 1 aromatic rings. The largest absolute Gasteiger partial charge is 0.492 e. The molecular weight excluding hydrogens is 408 g/mol. The third-order valence-electron chi connectivity index (χ3n) is 4.80. The van der Waals surface area contributed by atoms with Gasteiger partial charge in [0.2, 0.25) is 10.0 Å². The van der Waals surface area contributed by atoms with Crippen LogP contribution in [0.5, 0.6) is 5.75 Å². The van der Waals surface area contributed by atoms with Gasteiger partial charge in [0.25, 0.3) is 0 Å². The van der Waals surface area contributed by atoms with Gasteiger partial charge in [-0.3, -0.25) is 9.10 Å². The lowest BCUT2D eigenvalue weighted by atomic mass is 9.86. The van der Waals surface area contributed by atoms with Gasteiger partial charge >= 0.3 is 0 Å². The molecule has 30 heavy (non-hydrogen) atoms. The van der Waals surface area contributed by atoms with Crippen LogP contribution in [0.2, 0.25) is 0 Å². The van der Waals surface area contributed by atoms with E-state index in [1.807, 2.05) is 20.8 Å². The number of hydrogen-bond acceptors (Lipinski definition) is 7.